The van der Waals surface area contributed by atoms with Crippen LogP contribution in [0.1, 0.15) is 11.1 Å². The van der Waals surface area contributed by atoms with Gasteiger partial charge in [-0.15, -0.1) is 0 Å². The van der Waals surface area contributed by atoms with Crippen LogP contribution in [-0.2, 0) is 11.4 Å². The van der Waals surface area contributed by atoms with E-state index in [1.54, 1.807) is 6.08 Å². The molecule has 6 heteroatoms. The summed E-state index contributed by atoms with van der Waals surface area (Å²) in [5.74, 6) is 0.185. The molecule has 0 saturated carbocycles. The smallest absolute Gasteiger partial charge is 0.326 e. The van der Waals surface area contributed by atoms with Crippen molar-refractivity contribution in [3.05, 3.63) is 82.0 Å². The molecule has 27 heavy (non-hydrogen) atoms. The Bertz CT molecular complexity index is 1070. The van der Waals surface area contributed by atoms with Crippen LogP contribution in [0.5, 0.6) is 5.75 Å². The van der Waals surface area contributed by atoms with Crippen LogP contribution in [0.4, 0.5) is 4.79 Å². The second-order valence-electron chi connectivity index (χ2n) is 6.08. The van der Waals surface area contributed by atoms with Gasteiger partial charge in [0, 0.05) is 10.0 Å². The number of carbonyl (C=O) groups excluding carboxylic acids is 2. The maximum Gasteiger partial charge on any atom is 0.326 e. The van der Waals surface area contributed by atoms with Crippen molar-refractivity contribution >= 4 is 44.7 Å². The fraction of sp³-hybridized carbons (Fsp3) is 0.0476. The van der Waals surface area contributed by atoms with E-state index in [1.165, 1.54) is 0 Å². The molecular weight excluding hydrogens is 408 g/mol. The van der Waals surface area contributed by atoms with Gasteiger partial charge in [-0.2, -0.15) is 0 Å². The molecule has 0 bridgehead atoms. The van der Waals surface area contributed by atoms with Crippen molar-refractivity contribution in [2.75, 3.05) is 0 Å². The standard InChI is InChI=1S/C21H15BrN2O3/c22-15-8-5-13(6-9-15)12-27-19-10-7-14-3-1-2-4-16(14)17(19)11-18-20(25)24-21(26)23-18/h1-11H,12H2,(H2,23,24,25,26). The minimum absolute atomic E-state index is 0.199. The highest BCUT2D eigenvalue weighted by Gasteiger charge is 2.23. The summed E-state index contributed by atoms with van der Waals surface area (Å²) in [5.41, 5.74) is 1.97. The molecule has 5 nitrogen and oxygen atoms in total. The van der Waals surface area contributed by atoms with E-state index in [-0.39, 0.29) is 5.70 Å². The van der Waals surface area contributed by atoms with Crippen molar-refractivity contribution < 1.29 is 14.3 Å². The third kappa shape index (κ3) is 3.71. The minimum Gasteiger partial charge on any atom is -0.488 e. The van der Waals surface area contributed by atoms with Crippen molar-refractivity contribution in [2.45, 2.75) is 6.61 Å². The lowest BCUT2D eigenvalue weighted by atomic mass is 10.0. The number of halogens is 1. The molecule has 3 aromatic rings. The Hall–Kier alpha value is -3.12. The van der Waals surface area contributed by atoms with Gasteiger partial charge < -0.3 is 10.1 Å². The van der Waals surface area contributed by atoms with Crippen LogP contribution < -0.4 is 15.4 Å². The van der Waals surface area contributed by atoms with Crippen molar-refractivity contribution in [1.82, 2.24) is 10.6 Å². The van der Waals surface area contributed by atoms with E-state index in [2.05, 4.69) is 26.6 Å². The first-order valence-electron chi connectivity index (χ1n) is 8.33. The summed E-state index contributed by atoms with van der Waals surface area (Å²) in [6.07, 6.45) is 1.65. The maximum atomic E-state index is 11.9. The first-order valence-corrected chi connectivity index (χ1v) is 9.12. The number of hydrogen-bond acceptors (Lipinski definition) is 3. The highest BCUT2D eigenvalue weighted by Crippen LogP contribution is 2.31. The van der Waals surface area contributed by atoms with E-state index in [9.17, 15) is 9.59 Å². The number of imide groups is 1. The fourth-order valence-electron chi connectivity index (χ4n) is 2.92. The van der Waals surface area contributed by atoms with Gasteiger partial charge in [0.15, 0.2) is 0 Å². The Balaban J connectivity index is 1.73. The first-order chi connectivity index (χ1) is 13.1. The molecule has 1 saturated heterocycles. The summed E-state index contributed by atoms with van der Waals surface area (Å²) in [5, 5.41) is 6.70. The molecule has 3 amide bonds. The topological polar surface area (TPSA) is 67.4 Å². The zero-order valence-electron chi connectivity index (χ0n) is 14.2. The summed E-state index contributed by atoms with van der Waals surface area (Å²) in [4.78, 5) is 23.4. The zero-order valence-corrected chi connectivity index (χ0v) is 15.7. The zero-order chi connectivity index (χ0) is 18.8. The van der Waals surface area contributed by atoms with E-state index in [4.69, 9.17) is 4.74 Å². The number of benzene rings is 3. The van der Waals surface area contributed by atoms with E-state index in [1.807, 2.05) is 60.7 Å². The van der Waals surface area contributed by atoms with Crippen LogP contribution in [0.3, 0.4) is 0 Å². The maximum absolute atomic E-state index is 11.9. The Morgan fingerprint density at radius 1 is 0.926 bits per heavy atom. The monoisotopic (exact) mass is 422 g/mol. The molecule has 1 fully saturated rings. The third-order valence-electron chi connectivity index (χ3n) is 4.25. The van der Waals surface area contributed by atoms with E-state index >= 15 is 0 Å². The van der Waals surface area contributed by atoms with Crippen LogP contribution >= 0.6 is 15.9 Å². The number of nitrogens with one attached hydrogen (secondary N) is 2. The third-order valence-corrected chi connectivity index (χ3v) is 4.78. The average molecular weight is 423 g/mol. The molecular formula is C21H15BrN2O3. The van der Waals surface area contributed by atoms with Crippen LogP contribution in [0.25, 0.3) is 16.8 Å². The van der Waals surface area contributed by atoms with Gasteiger partial charge in [0.2, 0.25) is 0 Å². The molecule has 0 aromatic heterocycles. The Labute approximate surface area is 164 Å². The Kier molecular flexibility index (Phi) is 4.64. The van der Waals surface area contributed by atoms with Gasteiger partial charge in [0.1, 0.15) is 18.1 Å². The van der Waals surface area contributed by atoms with Crippen molar-refractivity contribution in [1.29, 1.82) is 0 Å². The van der Waals surface area contributed by atoms with Crippen LogP contribution in [0, 0.1) is 0 Å². The van der Waals surface area contributed by atoms with Crippen LogP contribution in [-0.4, -0.2) is 11.9 Å². The molecule has 1 aliphatic heterocycles. The second-order valence-corrected chi connectivity index (χ2v) is 7.00. The molecule has 1 aliphatic rings. The summed E-state index contributed by atoms with van der Waals surface area (Å²) in [7, 11) is 0. The van der Waals surface area contributed by atoms with Crippen molar-refractivity contribution in [3.8, 4) is 5.75 Å². The van der Waals surface area contributed by atoms with Gasteiger partial charge in [0.25, 0.3) is 5.91 Å². The Morgan fingerprint density at radius 2 is 1.70 bits per heavy atom. The van der Waals surface area contributed by atoms with Crippen molar-refractivity contribution in [3.63, 3.8) is 0 Å². The van der Waals surface area contributed by atoms with Crippen molar-refractivity contribution in [2.24, 2.45) is 0 Å². The summed E-state index contributed by atoms with van der Waals surface area (Å²) >= 11 is 3.42. The van der Waals surface area contributed by atoms with Gasteiger partial charge >= 0.3 is 6.03 Å². The summed E-state index contributed by atoms with van der Waals surface area (Å²) in [6.45, 7) is 0.389. The molecule has 0 aliphatic carbocycles. The number of urea groups is 1. The average Bonchev–Trinajstić information content (AvgIpc) is 2.99. The molecule has 1 heterocycles. The molecule has 0 spiro atoms. The van der Waals surface area contributed by atoms with E-state index in [0.717, 1.165) is 26.4 Å². The quantitative estimate of drug-likeness (QED) is 0.484. The second kappa shape index (κ2) is 7.25. The minimum atomic E-state index is -0.524. The summed E-state index contributed by atoms with van der Waals surface area (Å²) < 4.78 is 7.04. The number of ether oxygens (including phenoxy) is 1. The normalized spacial score (nSPS) is 15.1. The SMILES string of the molecule is O=C1NC(=O)C(=Cc2c(OCc3ccc(Br)cc3)ccc3ccccc23)N1. The fourth-order valence-corrected chi connectivity index (χ4v) is 3.18. The lowest BCUT2D eigenvalue weighted by Crippen LogP contribution is -2.22. The predicted molar refractivity (Wildman–Crippen MR) is 107 cm³/mol. The molecule has 4 rings (SSSR count). The molecule has 0 unspecified atom stereocenters. The number of amides is 3. The Morgan fingerprint density at radius 3 is 2.44 bits per heavy atom. The first kappa shape index (κ1) is 17.3. The molecule has 0 radical (unpaired) electrons. The number of rotatable bonds is 4. The number of hydrogen-bond donors (Lipinski definition) is 2. The van der Waals surface area contributed by atoms with Gasteiger partial charge in [0.05, 0.1) is 0 Å². The molecule has 134 valence electrons. The molecule has 2 N–H and O–H groups in total. The van der Waals surface area contributed by atoms with Gasteiger partial charge in [-0.25, -0.2) is 4.79 Å². The van der Waals surface area contributed by atoms with Gasteiger partial charge in [-0.05, 0) is 40.6 Å². The number of carbonyl (C=O) groups is 2. The van der Waals surface area contributed by atoms with E-state index < -0.39 is 11.9 Å². The summed E-state index contributed by atoms with van der Waals surface area (Å²) in [6, 6.07) is 19.0. The number of fused-ring (bicyclic) bond motifs is 1. The molecule has 0 atom stereocenters. The predicted octanol–water partition coefficient (Wildman–Crippen LogP) is 4.36. The van der Waals surface area contributed by atoms with E-state index in [0.29, 0.717) is 12.4 Å². The van der Waals surface area contributed by atoms with Gasteiger partial charge in [-0.3, -0.25) is 10.1 Å². The van der Waals surface area contributed by atoms with Crippen LogP contribution in [0.15, 0.2) is 70.8 Å². The highest BCUT2D eigenvalue weighted by molar-refractivity contribution is 9.10. The molecule has 3 aromatic carbocycles. The van der Waals surface area contributed by atoms with Crippen LogP contribution in [0.2, 0.25) is 0 Å². The lowest BCUT2D eigenvalue weighted by Gasteiger charge is -2.13. The van der Waals surface area contributed by atoms with Gasteiger partial charge in [-0.1, -0.05) is 58.4 Å². The lowest BCUT2D eigenvalue weighted by molar-refractivity contribution is -0.115. The highest BCUT2D eigenvalue weighted by atomic mass is 79.9. The largest absolute Gasteiger partial charge is 0.488 e.